The number of hydrogen-bond acceptors (Lipinski definition) is 7. The van der Waals surface area contributed by atoms with Gasteiger partial charge in [-0.3, -0.25) is 20.2 Å². The molecule has 8 atom stereocenters. The molecule has 2 saturated carbocycles. The van der Waals surface area contributed by atoms with Gasteiger partial charge in [-0.05, 0) is 51.7 Å². The van der Waals surface area contributed by atoms with Gasteiger partial charge < -0.3 is 14.2 Å². The molecule has 2 fully saturated rings. The number of unbranched alkanes of at least 4 members (excludes halogenated alkanes) is 2. The Morgan fingerprint density at radius 3 is 1.16 bits per heavy atom. The van der Waals surface area contributed by atoms with Gasteiger partial charge in [0.15, 0.2) is 0 Å². The zero-order valence-electron chi connectivity index (χ0n) is 31.4. The van der Waals surface area contributed by atoms with Crippen molar-refractivity contribution < 1.29 is 76.7 Å². The first-order chi connectivity index (χ1) is 25.9. The molecule has 0 aliphatic heterocycles. The van der Waals surface area contributed by atoms with Crippen molar-refractivity contribution in [3.8, 4) is 0 Å². The molecule has 0 aromatic heterocycles. The zero-order valence-corrected chi connectivity index (χ0v) is 31.4. The minimum Gasteiger partial charge on any atom is -0.335 e. The molecule has 4 rings (SSSR count). The summed E-state index contributed by atoms with van der Waals surface area (Å²) in [6.45, 7) is 4.02. The van der Waals surface area contributed by atoms with Gasteiger partial charge in [0.05, 0.1) is 35.9 Å². The fourth-order valence-corrected chi connectivity index (χ4v) is 7.68. The van der Waals surface area contributed by atoms with E-state index in [2.05, 4.69) is 14.2 Å². The molecule has 0 bridgehead atoms. The zero-order chi connectivity index (χ0) is 43.6. The van der Waals surface area contributed by atoms with Gasteiger partial charge in [-0.1, -0.05) is 74.2 Å². The van der Waals surface area contributed by atoms with Crippen LogP contribution in [0.5, 0.6) is 0 Å². The van der Waals surface area contributed by atoms with Crippen molar-refractivity contribution >= 4 is 0 Å². The largest absolute Gasteiger partial charge is 0.482 e. The van der Waals surface area contributed by atoms with Gasteiger partial charge in [0, 0.05) is 11.1 Å². The van der Waals surface area contributed by atoms with Gasteiger partial charge in [-0.2, -0.15) is 35.1 Å². The minimum atomic E-state index is -6.25. The highest BCUT2D eigenvalue weighted by molar-refractivity contribution is 5.44. The summed E-state index contributed by atoms with van der Waals surface area (Å²) in [7, 11) is 0. The average molecular weight is 841 g/mol. The predicted octanol–water partition coefficient (Wildman–Crippen LogP) is 10.2. The van der Waals surface area contributed by atoms with Crippen molar-refractivity contribution in [3.05, 3.63) is 90.0 Å². The van der Waals surface area contributed by atoms with Gasteiger partial charge >= 0.3 is 35.1 Å². The van der Waals surface area contributed by atoms with Crippen LogP contribution in [0.25, 0.3) is 0 Å². The topological polar surface area (TPSA) is 114 Å². The first-order valence-corrected chi connectivity index (χ1v) is 17.6. The van der Waals surface area contributed by atoms with Crippen molar-refractivity contribution in [2.45, 2.75) is 138 Å². The summed E-state index contributed by atoms with van der Waals surface area (Å²) in [5.41, 5.74) is -16.1. The van der Waals surface area contributed by atoms with Gasteiger partial charge in [-0.25, -0.2) is 17.6 Å². The summed E-state index contributed by atoms with van der Waals surface area (Å²) < 4.78 is 219. The van der Waals surface area contributed by atoms with E-state index in [9.17, 15) is 20.2 Å². The van der Waals surface area contributed by atoms with E-state index in [4.69, 9.17) is 0 Å². The fourth-order valence-electron chi connectivity index (χ4n) is 7.68. The maximum absolute atomic E-state index is 18.4. The summed E-state index contributed by atoms with van der Waals surface area (Å²) in [5.74, 6) is -48.7. The van der Waals surface area contributed by atoms with Crippen LogP contribution in [-0.4, -0.2) is 69.9 Å². The Morgan fingerprint density at radius 2 is 0.895 bits per heavy atom. The number of nitro groups is 2. The molecule has 0 amide bonds. The molecule has 320 valence electrons. The third kappa shape index (κ3) is 6.01. The third-order valence-corrected chi connectivity index (χ3v) is 10.6. The molecular weight excluding hydrogens is 800 g/mol. The molecule has 0 N–H and O–H groups in total. The molecular formula is C36H40F12N2O7. The number of halogens is 12. The summed E-state index contributed by atoms with van der Waals surface area (Å²) in [6, 6.07) is 4.02. The number of rotatable bonds is 14. The molecule has 2 aliphatic carbocycles. The second-order valence-electron chi connectivity index (χ2n) is 14.6. The van der Waals surface area contributed by atoms with Crippen LogP contribution in [0.4, 0.5) is 52.7 Å². The molecule has 0 radical (unpaired) electrons. The Hall–Kier alpha value is -3.72. The Kier molecular flexibility index (Phi) is 11.7. The SMILES string of the molecule is CCCCOC1(F)C(F)(c2ccc(C)cc2C)C(F)(OC2(F)CC(F)(F)C(F)([N+](=O)[O-])C(F)(OCCCC)C2(F)c2ccc(C)cc2C)CC(F)(F)C1(F)[N+](=O)[O-]. The molecule has 2 aromatic carbocycles. The number of nitrogens with zero attached hydrogens (tertiary/aromatic N) is 2. The minimum absolute atomic E-state index is 0.0919. The second-order valence-corrected chi connectivity index (χ2v) is 14.6. The number of aryl methyl sites for hydroxylation is 4. The molecule has 2 aromatic rings. The maximum atomic E-state index is 18.4. The summed E-state index contributed by atoms with van der Waals surface area (Å²) in [4.78, 5) is 18.9. The summed E-state index contributed by atoms with van der Waals surface area (Å²) in [5, 5.41) is 24.3. The van der Waals surface area contributed by atoms with E-state index >= 15 is 52.7 Å². The van der Waals surface area contributed by atoms with E-state index in [1.165, 1.54) is 27.7 Å². The molecule has 9 nitrogen and oxygen atoms in total. The lowest BCUT2D eigenvalue weighted by atomic mass is 9.64. The second kappa shape index (κ2) is 14.5. The fraction of sp³-hybridized carbons (Fsp3) is 0.667. The van der Waals surface area contributed by atoms with E-state index in [1.807, 2.05) is 0 Å². The Balaban J connectivity index is 2.25. The number of hydrogen-bond donors (Lipinski definition) is 0. The van der Waals surface area contributed by atoms with E-state index in [-0.39, 0.29) is 24.0 Å². The number of ether oxygens (including phenoxy) is 3. The lowest BCUT2D eigenvalue weighted by molar-refractivity contribution is -0.704. The summed E-state index contributed by atoms with van der Waals surface area (Å²) >= 11 is 0. The molecule has 8 unspecified atom stereocenters. The van der Waals surface area contributed by atoms with Crippen LogP contribution in [0.1, 0.15) is 85.8 Å². The Morgan fingerprint density at radius 1 is 0.579 bits per heavy atom. The first kappa shape index (κ1) is 46.0. The Labute approximate surface area is 318 Å². The number of benzene rings is 2. The van der Waals surface area contributed by atoms with E-state index in [0.717, 1.165) is 38.1 Å². The quantitative estimate of drug-likeness (QED) is 0.0612. The number of alkyl halides is 12. The summed E-state index contributed by atoms with van der Waals surface area (Å²) in [6.07, 6.45) is -8.32. The first-order valence-electron chi connectivity index (χ1n) is 17.6. The van der Waals surface area contributed by atoms with Crippen molar-refractivity contribution in [1.29, 1.82) is 0 Å². The monoisotopic (exact) mass is 840 g/mol. The highest BCUT2D eigenvalue weighted by Crippen LogP contribution is 2.72. The molecule has 0 saturated heterocycles. The smallest absolute Gasteiger partial charge is 0.335 e. The van der Waals surface area contributed by atoms with Crippen LogP contribution in [0.3, 0.4) is 0 Å². The highest BCUT2D eigenvalue weighted by Gasteiger charge is 3.00. The normalized spacial score (nSPS) is 37.5. The lowest BCUT2D eigenvalue weighted by Gasteiger charge is -2.58. The van der Waals surface area contributed by atoms with Gasteiger partial charge in [0.25, 0.3) is 23.0 Å². The van der Waals surface area contributed by atoms with Crippen LogP contribution in [0, 0.1) is 47.9 Å². The van der Waals surface area contributed by atoms with Crippen molar-refractivity contribution in [2.24, 2.45) is 0 Å². The van der Waals surface area contributed by atoms with E-state index in [1.54, 1.807) is 0 Å². The van der Waals surface area contributed by atoms with Gasteiger partial charge in [0.2, 0.25) is 0 Å². The van der Waals surface area contributed by atoms with Crippen LogP contribution in [0.2, 0.25) is 0 Å². The molecule has 2 aliphatic rings. The molecule has 0 heterocycles. The van der Waals surface area contributed by atoms with Crippen LogP contribution < -0.4 is 0 Å². The van der Waals surface area contributed by atoms with E-state index in [0.29, 0.717) is 12.1 Å². The molecule has 0 spiro atoms. The van der Waals surface area contributed by atoms with Gasteiger partial charge in [0.1, 0.15) is 0 Å². The van der Waals surface area contributed by atoms with E-state index < -0.39 is 129 Å². The van der Waals surface area contributed by atoms with Crippen LogP contribution >= 0.6 is 0 Å². The maximum Gasteiger partial charge on any atom is 0.482 e. The van der Waals surface area contributed by atoms with Crippen molar-refractivity contribution in [3.63, 3.8) is 0 Å². The van der Waals surface area contributed by atoms with Gasteiger partial charge in [-0.15, -0.1) is 0 Å². The predicted molar refractivity (Wildman–Crippen MR) is 176 cm³/mol. The van der Waals surface area contributed by atoms with Crippen molar-refractivity contribution in [1.82, 2.24) is 0 Å². The molecule has 57 heavy (non-hydrogen) atoms. The molecule has 21 heteroatoms. The third-order valence-electron chi connectivity index (χ3n) is 10.6. The van der Waals surface area contributed by atoms with Crippen molar-refractivity contribution in [2.75, 3.05) is 13.2 Å². The van der Waals surface area contributed by atoms with Crippen LogP contribution in [0.15, 0.2) is 36.4 Å². The standard InChI is InChI=1S/C36H40F12N2O7/c1-7-9-15-55-35(47)31(43,25-13-11-21(3)17-23(25)5)29(41,19-27(37,38)33(35,45)49(51)52)57-30(42)20-28(39,40)34(46,50(53)54)36(48,56-16-10-8-2)32(30,44)26-14-12-22(4)18-24(26)6/h11-14,17-18H,7-10,15-16,19-20H2,1-6H3. The Bertz CT molecular complexity index is 1770. The highest BCUT2D eigenvalue weighted by atomic mass is 19.3. The lowest BCUT2D eigenvalue weighted by Crippen LogP contribution is -2.84. The van der Waals surface area contributed by atoms with Crippen LogP contribution in [-0.2, 0) is 25.5 Å². The average Bonchev–Trinajstić information content (AvgIpc) is 3.08.